The van der Waals surface area contributed by atoms with E-state index in [1.807, 2.05) is 0 Å². The van der Waals surface area contributed by atoms with Crippen LogP contribution in [-0.4, -0.2) is 80.0 Å². The molecule has 1 heterocycles. The third-order valence-electron chi connectivity index (χ3n) is 3.06. The minimum atomic E-state index is -1.29. The molecule has 0 saturated carbocycles. The number of carboxylic acid groups (broad SMARTS) is 5. The smallest absolute Gasteiger partial charge is 0.321 e. The van der Waals surface area contributed by atoms with Crippen molar-refractivity contribution in [1.82, 2.24) is 5.32 Å². The molecule has 1 aliphatic heterocycles. The quantitative estimate of drug-likeness (QED) is 0.221. The molecule has 156 valence electrons. The maximum atomic E-state index is 10.1. The summed E-state index contributed by atoms with van der Waals surface area (Å²) in [6, 6.07) is -2.62. The summed E-state index contributed by atoms with van der Waals surface area (Å²) in [5.41, 5.74) is 9.84. The van der Waals surface area contributed by atoms with Crippen LogP contribution in [0, 0.1) is 0 Å². The Labute approximate surface area is 153 Å². The molecule has 0 aliphatic carbocycles. The zero-order valence-electron chi connectivity index (χ0n) is 14.4. The van der Waals surface area contributed by atoms with Crippen LogP contribution in [0.4, 0.5) is 0 Å². The van der Waals surface area contributed by atoms with Crippen molar-refractivity contribution in [3.8, 4) is 0 Å². The number of hydrogen-bond donors (Lipinski definition) is 8. The molecule has 0 unspecified atom stereocenters. The topological polar surface area (TPSA) is 251 Å². The van der Waals surface area contributed by atoms with E-state index in [0.717, 1.165) is 19.4 Å². The molecule has 0 spiro atoms. The van der Waals surface area contributed by atoms with Crippen LogP contribution in [0.2, 0.25) is 0 Å². The van der Waals surface area contributed by atoms with E-state index in [2.05, 4.69) is 5.32 Å². The molecule has 3 atom stereocenters. The van der Waals surface area contributed by atoms with Gasteiger partial charge < -0.3 is 42.3 Å². The van der Waals surface area contributed by atoms with Gasteiger partial charge >= 0.3 is 29.8 Å². The monoisotopic (exact) mass is 395 g/mol. The second kappa shape index (κ2) is 14.4. The van der Waals surface area contributed by atoms with Crippen LogP contribution in [0.1, 0.15) is 32.1 Å². The van der Waals surface area contributed by atoms with Gasteiger partial charge in [-0.2, -0.15) is 0 Å². The molecule has 13 nitrogen and oxygen atoms in total. The van der Waals surface area contributed by atoms with Crippen LogP contribution >= 0.6 is 0 Å². The highest BCUT2D eigenvalue weighted by atomic mass is 16.4. The lowest BCUT2D eigenvalue weighted by atomic mass is 10.2. The Hall–Kier alpha value is -2.77. The summed E-state index contributed by atoms with van der Waals surface area (Å²) in [5.74, 6) is -5.41. The number of rotatable bonds is 8. The van der Waals surface area contributed by atoms with Gasteiger partial charge in [-0.25, -0.2) is 0 Å². The summed E-state index contributed by atoms with van der Waals surface area (Å²) in [4.78, 5) is 49.6. The molecule has 27 heavy (non-hydrogen) atoms. The average molecular weight is 395 g/mol. The van der Waals surface area contributed by atoms with Gasteiger partial charge in [0.05, 0.1) is 6.42 Å². The van der Waals surface area contributed by atoms with Crippen molar-refractivity contribution in [2.75, 3.05) is 6.54 Å². The standard InChI is InChI=1S/C5H9NO4.C5H9NO2.C4H7NO4/c6-3(5(9)10)1-2-4(7)8;7-5(8)4-2-1-3-6-4;5-2(4(8)9)1-3(6)7/h3H,1-2,6H2,(H,7,8)(H,9,10);4,6H,1-3H2,(H,7,8);2H,1,5H2,(H,6,7)(H,8,9)/t3-;4-;2-/m000/s1. The van der Waals surface area contributed by atoms with Gasteiger partial charge in [-0.15, -0.1) is 0 Å². The molecule has 1 saturated heterocycles. The Morgan fingerprint density at radius 1 is 0.889 bits per heavy atom. The first-order chi connectivity index (χ1) is 12.4. The first-order valence-corrected chi connectivity index (χ1v) is 7.75. The van der Waals surface area contributed by atoms with Gasteiger partial charge in [0.1, 0.15) is 18.1 Å². The summed E-state index contributed by atoms with van der Waals surface area (Å²) < 4.78 is 0. The Morgan fingerprint density at radius 3 is 1.63 bits per heavy atom. The number of carboxylic acids is 5. The van der Waals surface area contributed by atoms with Crippen LogP contribution < -0.4 is 16.8 Å². The summed E-state index contributed by atoms with van der Waals surface area (Å²) in [6.07, 6.45) is 1.03. The summed E-state index contributed by atoms with van der Waals surface area (Å²) >= 11 is 0. The largest absolute Gasteiger partial charge is 0.481 e. The molecule has 1 rings (SSSR count). The summed E-state index contributed by atoms with van der Waals surface area (Å²) in [6.45, 7) is 0.858. The van der Waals surface area contributed by atoms with Crippen molar-refractivity contribution in [2.24, 2.45) is 11.5 Å². The number of nitrogens with two attached hydrogens (primary N) is 2. The molecule has 0 aromatic rings. The normalized spacial score (nSPS) is 17.2. The van der Waals surface area contributed by atoms with Crippen molar-refractivity contribution < 1.29 is 49.5 Å². The van der Waals surface area contributed by atoms with E-state index in [1.54, 1.807) is 0 Å². The minimum absolute atomic E-state index is 0.0231. The first-order valence-electron chi connectivity index (χ1n) is 7.75. The van der Waals surface area contributed by atoms with Crippen LogP contribution in [0.5, 0.6) is 0 Å². The molecule has 13 heteroatoms. The van der Waals surface area contributed by atoms with Crippen molar-refractivity contribution in [3.05, 3.63) is 0 Å². The van der Waals surface area contributed by atoms with Gasteiger partial charge in [0, 0.05) is 6.42 Å². The van der Waals surface area contributed by atoms with Crippen LogP contribution in [0.15, 0.2) is 0 Å². The predicted octanol–water partition coefficient (Wildman–Crippen LogP) is -2.04. The van der Waals surface area contributed by atoms with E-state index in [0.29, 0.717) is 0 Å². The van der Waals surface area contributed by atoms with Crippen LogP contribution in [0.25, 0.3) is 0 Å². The van der Waals surface area contributed by atoms with Crippen LogP contribution in [0.3, 0.4) is 0 Å². The number of carbonyl (C=O) groups is 5. The fourth-order valence-corrected chi connectivity index (χ4v) is 1.57. The van der Waals surface area contributed by atoms with Crippen molar-refractivity contribution in [1.29, 1.82) is 0 Å². The first kappa shape index (κ1) is 26.5. The highest BCUT2D eigenvalue weighted by Crippen LogP contribution is 2.03. The second-order valence-corrected chi connectivity index (χ2v) is 5.41. The fourth-order valence-electron chi connectivity index (χ4n) is 1.57. The molecule has 10 N–H and O–H groups in total. The molecule has 1 aliphatic rings. The zero-order valence-corrected chi connectivity index (χ0v) is 14.4. The van der Waals surface area contributed by atoms with Gasteiger partial charge in [0.25, 0.3) is 0 Å². The number of hydrogen-bond acceptors (Lipinski definition) is 8. The van der Waals surface area contributed by atoms with E-state index < -0.39 is 48.4 Å². The summed E-state index contributed by atoms with van der Waals surface area (Å²) in [7, 11) is 0. The molecule has 0 aromatic heterocycles. The molecule has 0 aromatic carbocycles. The van der Waals surface area contributed by atoms with Gasteiger partial charge in [0.2, 0.25) is 0 Å². The molecule has 0 amide bonds. The Balaban J connectivity index is 0. The predicted molar refractivity (Wildman–Crippen MR) is 89.0 cm³/mol. The SMILES string of the molecule is N[C@@H](CC(=O)O)C(=O)O.N[C@@H](CCC(=O)O)C(=O)O.O=C(O)[C@@H]1CCCN1. The van der Waals surface area contributed by atoms with E-state index in [1.165, 1.54) is 0 Å². The lowest BCUT2D eigenvalue weighted by molar-refractivity contribution is -0.144. The van der Waals surface area contributed by atoms with Gasteiger partial charge in [-0.05, 0) is 25.8 Å². The summed E-state index contributed by atoms with van der Waals surface area (Å²) in [5, 5.41) is 43.5. The van der Waals surface area contributed by atoms with E-state index in [9.17, 15) is 24.0 Å². The van der Waals surface area contributed by atoms with E-state index >= 15 is 0 Å². The Bertz CT molecular complexity index is 519. The molecular weight excluding hydrogens is 370 g/mol. The number of nitrogens with one attached hydrogen (secondary N) is 1. The Morgan fingerprint density at radius 2 is 1.41 bits per heavy atom. The highest BCUT2D eigenvalue weighted by molar-refractivity contribution is 5.80. The number of aliphatic carboxylic acids is 5. The van der Waals surface area contributed by atoms with E-state index in [4.69, 9.17) is 37.0 Å². The van der Waals surface area contributed by atoms with E-state index in [-0.39, 0.29) is 18.9 Å². The van der Waals surface area contributed by atoms with Gasteiger partial charge in [-0.1, -0.05) is 0 Å². The maximum Gasteiger partial charge on any atom is 0.321 e. The van der Waals surface area contributed by atoms with Crippen molar-refractivity contribution in [3.63, 3.8) is 0 Å². The van der Waals surface area contributed by atoms with Gasteiger partial charge in [0.15, 0.2) is 0 Å². The van der Waals surface area contributed by atoms with Gasteiger partial charge in [-0.3, -0.25) is 24.0 Å². The zero-order chi connectivity index (χ0) is 21.6. The molecule has 0 bridgehead atoms. The van der Waals surface area contributed by atoms with Crippen LogP contribution in [-0.2, 0) is 24.0 Å². The third-order valence-corrected chi connectivity index (χ3v) is 3.06. The molecule has 1 fully saturated rings. The molecule has 0 radical (unpaired) electrons. The fraction of sp³-hybridized carbons (Fsp3) is 0.643. The minimum Gasteiger partial charge on any atom is -0.481 e. The lowest BCUT2D eigenvalue weighted by Crippen LogP contribution is -2.32. The second-order valence-electron chi connectivity index (χ2n) is 5.41. The Kier molecular flexibility index (Phi) is 14.1. The maximum absolute atomic E-state index is 10.1. The lowest BCUT2D eigenvalue weighted by Gasteiger charge is -2.01. The van der Waals surface area contributed by atoms with Crippen molar-refractivity contribution in [2.45, 2.75) is 50.2 Å². The molecular formula is C14H25N3O10. The third kappa shape index (κ3) is 16.4. The highest BCUT2D eigenvalue weighted by Gasteiger charge is 2.20. The average Bonchev–Trinajstić information content (AvgIpc) is 3.07. The van der Waals surface area contributed by atoms with Crippen molar-refractivity contribution >= 4 is 29.8 Å².